The molecule has 0 fully saturated rings. The van der Waals surface area contributed by atoms with Crippen molar-refractivity contribution in [1.29, 1.82) is 0 Å². The highest BCUT2D eigenvalue weighted by Gasteiger charge is 2.47. The average molecular weight is 403 g/mol. The van der Waals surface area contributed by atoms with Gasteiger partial charge in [-0.1, -0.05) is 108 Å². The van der Waals surface area contributed by atoms with Gasteiger partial charge in [-0.3, -0.25) is 0 Å². The van der Waals surface area contributed by atoms with E-state index >= 15 is 0 Å². The molecule has 3 aromatic carbocycles. The van der Waals surface area contributed by atoms with E-state index in [9.17, 15) is 0 Å². The molecule has 0 heterocycles. The highest BCUT2D eigenvalue weighted by molar-refractivity contribution is 6.78. The molecule has 0 aliphatic carbocycles. The molecule has 0 radical (unpaired) electrons. The minimum Gasteiger partial charge on any atom is -0.543 e. The highest BCUT2D eigenvalue weighted by atomic mass is 28.4. The minimum atomic E-state index is -1.99. The lowest BCUT2D eigenvalue weighted by molar-refractivity contribution is 0.480. The van der Waals surface area contributed by atoms with Crippen LogP contribution in [0.1, 0.15) is 41.5 Å². The van der Waals surface area contributed by atoms with Crippen molar-refractivity contribution in [2.75, 3.05) is 0 Å². The summed E-state index contributed by atoms with van der Waals surface area (Å²) in [6.07, 6.45) is 0. The summed E-state index contributed by atoms with van der Waals surface area (Å²) in [6.45, 7) is 14.0. The van der Waals surface area contributed by atoms with Gasteiger partial charge in [0.25, 0.3) is 8.32 Å². The van der Waals surface area contributed by atoms with Gasteiger partial charge in [-0.05, 0) is 51.0 Å². The van der Waals surface area contributed by atoms with Crippen molar-refractivity contribution in [2.24, 2.45) is 0 Å². The Morgan fingerprint density at radius 2 is 1.00 bits per heavy atom. The van der Waals surface area contributed by atoms with Crippen LogP contribution >= 0.6 is 0 Å². The van der Waals surface area contributed by atoms with Gasteiger partial charge in [-0.2, -0.15) is 0 Å². The van der Waals surface area contributed by atoms with Gasteiger partial charge in [0.05, 0.1) is 0 Å². The van der Waals surface area contributed by atoms with Crippen LogP contribution in [0, 0.1) is 0 Å². The fraction of sp³-hybridized carbons (Fsp3) is 0.333. The molecule has 3 rings (SSSR count). The average Bonchev–Trinajstić information content (AvgIpc) is 2.72. The fourth-order valence-electron chi connectivity index (χ4n) is 4.87. The molecular formula is C27H34OSi. The lowest BCUT2D eigenvalue weighted by atomic mass is 9.94. The molecule has 0 amide bonds. The second-order valence-corrected chi connectivity index (χ2v) is 14.2. The van der Waals surface area contributed by atoms with E-state index in [-0.39, 0.29) is 0 Å². The topological polar surface area (TPSA) is 9.23 Å². The molecule has 0 aliphatic rings. The van der Waals surface area contributed by atoms with E-state index in [0.717, 1.165) is 5.75 Å². The molecular weight excluding hydrogens is 368 g/mol. The maximum Gasteiger partial charge on any atom is 0.258 e. The Morgan fingerprint density at radius 1 is 0.552 bits per heavy atom. The predicted octanol–water partition coefficient (Wildman–Crippen LogP) is 8.57. The monoisotopic (exact) mass is 402 g/mol. The normalized spacial score (nSPS) is 12.0. The molecule has 0 atom stereocenters. The van der Waals surface area contributed by atoms with Crippen LogP contribution in [0.4, 0.5) is 0 Å². The molecule has 0 unspecified atom stereocenters. The zero-order valence-corrected chi connectivity index (χ0v) is 19.6. The molecule has 29 heavy (non-hydrogen) atoms. The van der Waals surface area contributed by atoms with E-state index in [2.05, 4.69) is 120 Å². The van der Waals surface area contributed by atoms with Crippen molar-refractivity contribution in [3.8, 4) is 28.0 Å². The van der Waals surface area contributed by atoms with Crippen LogP contribution < -0.4 is 4.43 Å². The molecule has 0 aromatic heterocycles. The first-order valence-electron chi connectivity index (χ1n) is 10.8. The first-order chi connectivity index (χ1) is 13.9. The summed E-state index contributed by atoms with van der Waals surface area (Å²) in [5, 5.41) is 0. The van der Waals surface area contributed by atoms with Gasteiger partial charge in [-0.15, -0.1) is 0 Å². The smallest absolute Gasteiger partial charge is 0.258 e. The highest BCUT2D eigenvalue weighted by Crippen LogP contribution is 2.44. The Bertz CT molecular complexity index is 892. The van der Waals surface area contributed by atoms with Crippen molar-refractivity contribution in [3.63, 3.8) is 0 Å². The van der Waals surface area contributed by atoms with E-state index in [1.807, 2.05) is 0 Å². The fourth-order valence-corrected chi connectivity index (χ4v) is 10.1. The molecule has 0 saturated heterocycles. The molecule has 0 spiro atoms. The molecule has 152 valence electrons. The first kappa shape index (κ1) is 21.4. The molecule has 2 heteroatoms. The van der Waals surface area contributed by atoms with Gasteiger partial charge in [0, 0.05) is 0 Å². The van der Waals surface area contributed by atoms with Gasteiger partial charge in [0.2, 0.25) is 0 Å². The molecule has 0 saturated carbocycles. The van der Waals surface area contributed by atoms with Crippen LogP contribution in [0.2, 0.25) is 16.6 Å². The summed E-state index contributed by atoms with van der Waals surface area (Å²) in [7, 11) is -1.99. The Kier molecular flexibility index (Phi) is 6.64. The molecule has 0 N–H and O–H groups in total. The summed E-state index contributed by atoms with van der Waals surface area (Å²) in [6, 6.07) is 27.9. The number of hydrogen-bond acceptors (Lipinski definition) is 1. The van der Waals surface area contributed by atoms with Crippen LogP contribution in [0.3, 0.4) is 0 Å². The van der Waals surface area contributed by atoms with Gasteiger partial charge in [0.1, 0.15) is 5.75 Å². The summed E-state index contributed by atoms with van der Waals surface area (Å²) in [4.78, 5) is 0. The van der Waals surface area contributed by atoms with Crippen molar-refractivity contribution in [1.82, 2.24) is 0 Å². The predicted molar refractivity (Wildman–Crippen MR) is 129 cm³/mol. The van der Waals surface area contributed by atoms with E-state index < -0.39 is 8.32 Å². The Morgan fingerprint density at radius 3 is 1.45 bits per heavy atom. The van der Waals surface area contributed by atoms with Crippen molar-refractivity contribution in [2.45, 2.75) is 58.2 Å². The van der Waals surface area contributed by atoms with Crippen LogP contribution in [0.5, 0.6) is 5.75 Å². The maximum atomic E-state index is 6.98. The number of benzene rings is 3. The van der Waals surface area contributed by atoms with Gasteiger partial charge in [0.15, 0.2) is 0 Å². The molecule has 0 aliphatic heterocycles. The van der Waals surface area contributed by atoms with Crippen molar-refractivity contribution in [3.05, 3.63) is 78.9 Å². The Balaban J connectivity index is 2.13. The maximum absolute atomic E-state index is 6.98. The largest absolute Gasteiger partial charge is 0.543 e. The number of hydrogen-bond donors (Lipinski definition) is 0. The molecule has 3 aromatic rings. The van der Waals surface area contributed by atoms with Crippen LogP contribution in [-0.4, -0.2) is 8.32 Å². The lowest BCUT2D eigenvalue weighted by Crippen LogP contribution is -2.50. The van der Waals surface area contributed by atoms with Gasteiger partial charge < -0.3 is 4.43 Å². The minimum absolute atomic E-state index is 0.552. The summed E-state index contributed by atoms with van der Waals surface area (Å²) < 4.78 is 6.98. The van der Waals surface area contributed by atoms with Crippen LogP contribution in [0.15, 0.2) is 78.9 Å². The standard InChI is InChI=1S/C27H34OSi/c1-20(2)29(21(3)4,22(5)6)28-25-17-18-26(23-13-9-7-10-14-23)27(19-25)24-15-11-8-12-16-24/h7-22H,1-6H3. The first-order valence-corrected chi connectivity index (χ1v) is 12.9. The van der Waals surface area contributed by atoms with E-state index in [0.29, 0.717) is 16.6 Å². The summed E-state index contributed by atoms with van der Waals surface area (Å²) in [5.74, 6) is 1.01. The van der Waals surface area contributed by atoms with Crippen molar-refractivity contribution < 1.29 is 4.43 Å². The SMILES string of the molecule is CC(C)[Si](Oc1ccc(-c2ccccc2)c(-c2ccccc2)c1)(C(C)C)C(C)C. The second-order valence-electron chi connectivity index (χ2n) is 8.86. The van der Waals surface area contributed by atoms with E-state index in [1.165, 1.54) is 22.3 Å². The summed E-state index contributed by atoms with van der Waals surface area (Å²) in [5.41, 5.74) is 6.59. The lowest BCUT2D eigenvalue weighted by Gasteiger charge is -2.42. The second kappa shape index (κ2) is 9.00. The summed E-state index contributed by atoms with van der Waals surface area (Å²) >= 11 is 0. The molecule has 0 bridgehead atoms. The Labute approximate surface area is 177 Å². The Hall–Kier alpha value is -2.32. The zero-order valence-electron chi connectivity index (χ0n) is 18.6. The van der Waals surface area contributed by atoms with Crippen LogP contribution in [-0.2, 0) is 0 Å². The molecule has 1 nitrogen and oxygen atoms in total. The zero-order chi connectivity index (χ0) is 21.0. The third-order valence-corrected chi connectivity index (χ3v) is 12.2. The van der Waals surface area contributed by atoms with Crippen molar-refractivity contribution >= 4 is 8.32 Å². The van der Waals surface area contributed by atoms with E-state index in [1.54, 1.807) is 0 Å². The van der Waals surface area contributed by atoms with Gasteiger partial charge in [-0.25, -0.2) is 0 Å². The third-order valence-electron chi connectivity index (χ3n) is 6.16. The number of rotatable bonds is 7. The van der Waals surface area contributed by atoms with Crippen LogP contribution in [0.25, 0.3) is 22.3 Å². The van der Waals surface area contributed by atoms with Gasteiger partial charge >= 0.3 is 0 Å². The van der Waals surface area contributed by atoms with E-state index in [4.69, 9.17) is 4.43 Å². The quantitative estimate of drug-likeness (QED) is 0.360. The third kappa shape index (κ3) is 4.33.